The lowest BCUT2D eigenvalue weighted by Crippen LogP contribution is -1.94. The average Bonchev–Trinajstić information content (AvgIpc) is 2.83. The molecule has 1 N–H and O–H groups in total. The van der Waals surface area contributed by atoms with Gasteiger partial charge in [0.15, 0.2) is 0 Å². The lowest BCUT2D eigenvalue weighted by molar-refractivity contribution is 0.307. The number of aromatic amines is 1. The second kappa shape index (κ2) is 4.81. The second-order valence-corrected chi connectivity index (χ2v) is 4.91. The topological polar surface area (TPSA) is 25.0 Å². The van der Waals surface area contributed by atoms with Gasteiger partial charge >= 0.3 is 0 Å². The summed E-state index contributed by atoms with van der Waals surface area (Å²) in [6, 6.07) is 14.5. The molecular formula is C17H17NO. The first-order valence-corrected chi connectivity index (χ1v) is 6.49. The molecule has 2 nitrogen and oxygen atoms in total. The molecule has 0 unspecified atom stereocenters. The maximum Gasteiger partial charge on any atom is 0.119 e. The van der Waals surface area contributed by atoms with Gasteiger partial charge in [-0.15, -0.1) is 0 Å². The predicted octanol–water partition coefficient (Wildman–Crippen LogP) is 4.36. The Morgan fingerprint density at radius 1 is 1.00 bits per heavy atom. The summed E-state index contributed by atoms with van der Waals surface area (Å²) in [5.41, 5.74) is 4.90. The summed E-state index contributed by atoms with van der Waals surface area (Å²) in [7, 11) is 0. The predicted molar refractivity (Wildman–Crippen MR) is 78.5 cm³/mol. The molecule has 0 fully saturated rings. The minimum absolute atomic E-state index is 0.590. The van der Waals surface area contributed by atoms with E-state index in [2.05, 4.69) is 49.2 Å². The molecule has 0 amide bonds. The summed E-state index contributed by atoms with van der Waals surface area (Å²) >= 11 is 0. The maximum atomic E-state index is 5.83. The van der Waals surface area contributed by atoms with E-state index >= 15 is 0 Å². The van der Waals surface area contributed by atoms with Crippen LogP contribution in [0.1, 0.15) is 16.7 Å². The molecular weight excluding hydrogens is 234 g/mol. The molecule has 0 aliphatic carbocycles. The van der Waals surface area contributed by atoms with Crippen LogP contribution in [0, 0.1) is 13.8 Å². The number of H-pyrrole nitrogens is 1. The van der Waals surface area contributed by atoms with Crippen LogP contribution in [0.2, 0.25) is 0 Å². The van der Waals surface area contributed by atoms with Crippen molar-refractivity contribution in [1.29, 1.82) is 0 Å². The van der Waals surface area contributed by atoms with Crippen LogP contribution >= 0.6 is 0 Å². The summed E-state index contributed by atoms with van der Waals surface area (Å²) in [6.45, 7) is 4.78. The zero-order valence-corrected chi connectivity index (χ0v) is 11.2. The molecule has 1 aromatic heterocycles. The molecule has 2 aromatic carbocycles. The van der Waals surface area contributed by atoms with Gasteiger partial charge in [0.2, 0.25) is 0 Å². The quantitative estimate of drug-likeness (QED) is 0.735. The zero-order valence-electron chi connectivity index (χ0n) is 11.2. The van der Waals surface area contributed by atoms with Gasteiger partial charge in [-0.3, -0.25) is 0 Å². The van der Waals surface area contributed by atoms with Crippen molar-refractivity contribution in [3.8, 4) is 5.75 Å². The van der Waals surface area contributed by atoms with Crippen molar-refractivity contribution in [3.63, 3.8) is 0 Å². The lowest BCUT2D eigenvalue weighted by atomic mass is 10.1. The largest absolute Gasteiger partial charge is 0.489 e. The third kappa shape index (κ3) is 2.34. The Hall–Kier alpha value is -2.22. The molecule has 2 heteroatoms. The van der Waals surface area contributed by atoms with E-state index in [1.165, 1.54) is 27.6 Å². The van der Waals surface area contributed by atoms with Gasteiger partial charge in [-0.25, -0.2) is 0 Å². The molecule has 0 radical (unpaired) electrons. The number of aromatic nitrogens is 1. The molecule has 0 saturated carbocycles. The van der Waals surface area contributed by atoms with Crippen LogP contribution < -0.4 is 4.74 Å². The molecule has 0 aliphatic rings. The number of fused-ring (bicyclic) bond motifs is 1. The fourth-order valence-corrected chi connectivity index (χ4v) is 2.28. The van der Waals surface area contributed by atoms with E-state index in [-0.39, 0.29) is 0 Å². The van der Waals surface area contributed by atoms with Crippen molar-refractivity contribution in [1.82, 2.24) is 4.98 Å². The maximum absolute atomic E-state index is 5.83. The minimum Gasteiger partial charge on any atom is -0.489 e. The van der Waals surface area contributed by atoms with Crippen LogP contribution in [0.5, 0.6) is 5.75 Å². The van der Waals surface area contributed by atoms with Crippen LogP contribution in [0.15, 0.2) is 48.7 Å². The van der Waals surface area contributed by atoms with Crippen molar-refractivity contribution in [3.05, 3.63) is 65.4 Å². The minimum atomic E-state index is 0.590. The molecule has 1 heterocycles. The van der Waals surface area contributed by atoms with Gasteiger partial charge in [0.05, 0.1) is 0 Å². The first-order valence-electron chi connectivity index (χ1n) is 6.49. The normalized spacial score (nSPS) is 10.8. The number of ether oxygens (including phenoxy) is 1. The van der Waals surface area contributed by atoms with E-state index in [1.54, 1.807) is 0 Å². The van der Waals surface area contributed by atoms with Crippen molar-refractivity contribution in [2.45, 2.75) is 20.5 Å². The van der Waals surface area contributed by atoms with Gasteiger partial charge in [0, 0.05) is 22.7 Å². The van der Waals surface area contributed by atoms with Gasteiger partial charge in [-0.1, -0.05) is 35.9 Å². The highest BCUT2D eigenvalue weighted by Gasteiger charge is 2.05. The van der Waals surface area contributed by atoms with Gasteiger partial charge in [-0.2, -0.15) is 0 Å². The Bertz CT molecular complexity index is 695. The standard InChI is InChI=1S/C17H17NO/c1-12-6-8-15(9-7-12)19-11-14-10-18-17-13(2)4-3-5-16(14)17/h3-10,18H,11H2,1-2H3. The van der Waals surface area contributed by atoms with Crippen molar-refractivity contribution in [2.75, 3.05) is 0 Å². The number of rotatable bonds is 3. The van der Waals surface area contributed by atoms with E-state index in [1.807, 2.05) is 18.3 Å². The van der Waals surface area contributed by atoms with Crippen LogP contribution in [0.4, 0.5) is 0 Å². The first-order chi connectivity index (χ1) is 9.24. The summed E-state index contributed by atoms with van der Waals surface area (Å²) in [5.74, 6) is 0.910. The average molecular weight is 251 g/mol. The van der Waals surface area contributed by atoms with Gasteiger partial charge in [0.25, 0.3) is 0 Å². The summed E-state index contributed by atoms with van der Waals surface area (Å²) in [6.07, 6.45) is 2.03. The molecule has 0 atom stereocenters. The molecule has 0 spiro atoms. The Kier molecular flexibility index (Phi) is 3.00. The van der Waals surface area contributed by atoms with Crippen molar-refractivity contribution < 1.29 is 4.74 Å². The Labute approximate surface area is 113 Å². The third-order valence-corrected chi connectivity index (χ3v) is 3.42. The number of para-hydroxylation sites is 1. The van der Waals surface area contributed by atoms with Gasteiger partial charge < -0.3 is 9.72 Å². The molecule has 3 aromatic rings. The van der Waals surface area contributed by atoms with E-state index < -0.39 is 0 Å². The molecule has 3 rings (SSSR count). The highest BCUT2D eigenvalue weighted by atomic mass is 16.5. The fraction of sp³-hybridized carbons (Fsp3) is 0.176. The monoisotopic (exact) mass is 251 g/mol. The number of benzene rings is 2. The van der Waals surface area contributed by atoms with Gasteiger partial charge in [-0.05, 0) is 31.5 Å². The van der Waals surface area contributed by atoms with E-state index in [0.29, 0.717) is 6.61 Å². The van der Waals surface area contributed by atoms with Crippen LogP contribution in [-0.4, -0.2) is 4.98 Å². The number of aryl methyl sites for hydroxylation is 2. The number of hydrogen-bond acceptors (Lipinski definition) is 1. The Morgan fingerprint density at radius 3 is 2.58 bits per heavy atom. The highest BCUT2D eigenvalue weighted by Crippen LogP contribution is 2.22. The second-order valence-electron chi connectivity index (χ2n) is 4.91. The van der Waals surface area contributed by atoms with E-state index in [4.69, 9.17) is 4.74 Å². The van der Waals surface area contributed by atoms with Crippen molar-refractivity contribution in [2.24, 2.45) is 0 Å². The van der Waals surface area contributed by atoms with E-state index in [0.717, 1.165) is 5.75 Å². The summed E-state index contributed by atoms with van der Waals surface area (Å²) < 4.78 is 5.83. The number of nitrogens with one attached hydrogen (secondary N) is 1. The summed E-state index contributed by atoms with van der Waals surface area (Å²) in [4.78, 5) is 3.32. The molecule has 0 bridgehead atoms. The SMILES string of the molecule is Cc1ccc(OCc2c[nH]c3c(C)cccc23)cc1. The van der Waals surface area contributed by atoms with Crippen LogP contribution in [0.25, 0.3) is 10.9 Å². The molecule has 19 heavy (non-hydrogen) atoms. The Balaban J connectivity index is 1.82. The highest BCUT2D eigenvalue weighted by molar-refractivity contribution is 5.85. The van der Waals surface area contributed by atoms with Crippen LogP contribution in [-0.2, 0) is 6.61 Å². The lowest BCUT2D eigenvalue weighted by Gasteiger charge is -2.05. The van der Waals surface area contributed by atoms with Gasteiger partial charge in [0.1, 0.15) is 12.4 Å². The Morgan fingerprint density at radius 2 is 1.79 bits per heavy atom. The first kappa shape index (κ1) is 11.8. The molecule has 0 saturated heterocycles. The smallest absolute Gasteiger partial charge is 0.119 e. The third-order valence-electron chi connectivity index (χ3n) is 3.42. The number of hydrogen-bond donors (Lipinski definition) is 1. The van der Waals surface area contributed by atoms with E-state index in [9.17, 15) is 0 Å². The van der Waals surface area contributed by atoms with Crippen molar-refractivity contribution >= 4 is 10.9 Å². The van der Waals surface area contributed by atoms with Crippen LogP contribution in [0.3, 0.4) is 0 Å². The fourth-order valence-electron chi connectivity index (χ4n) is 2.28. The zero-order chi connectivity index (χ0) is 13.2. The molecule has 96 valence electrons. The summed E-state index contributed by atoms with van der Waals surface area (Å²) in [5, 5.41) is 1.24. The molecule has 0 aliphatic heterocycles.